The smallest absolute Gasteiger partial charge is 0.344 e. The number of amides is 1. The molecule has 0 aliphatic carbocycles. The van der Waals surface area contributed by atoms with E-state index in [4.69, 9.17) is 32.7 Å². The molecule has 0 aromatic heterocycles. The predicted octanol–water partition coefficient (Wildman–Crippen LogP) is 9.11. The number of rotatable bonds is 7. The molecule has 1 heterocycles. The molecule has 0 saturated carbocycles. The second kappa shape index (κ2) is 13.4. The molecule has 1 aliphatic heterocycles. The maximum Gasteiger partial charge on any atom is 0.344 e. The van der Waals surface area contributed by atoms with Gasteiger partial charge in [-0.25, -0.2) is 9.79 Å². The van der Waals surface area contributed by atoms with Crippen LogP contribution in [0.1, 0.15) is 34.0 Å². The summed E-state index contributed by atoms with van der Waals surface area (Å²) >= 11 is 20.3. The van der Waals surface area contributed by atoms with E-state index in [2.05, 4.69) is 36.9 Å². The Labute approximate surface area is 262 Å². The zero-order chi connectivity index (χ0) is 29.0. The van der Waals surface area contributed by atoms with Crippen LogP contribution in [0.2, 0.25) is 10.0 Å². The van der Waals surface area contributed by atoms with Crippen LogP contribution in [0.25, 0.3) is 6.08 Å². The van der Waals surface area contributed by atoms with E-state index in [1.54, 1.807) is 68.5 Å². The summed E-state index contributed by atoms with van der Waals surface area (Å²) in [5.74, 6) is -1.06. The van der Waals surface area contributed by atoms with Gasteiger partial charge in [0.25, 0.3) is 5.91 Å². The van der Waals surface area contributed by atoms with Crippen LogP contribution in [-0.4, -0.2) is 28.6 Å². The van der Waals surface area contributed by atoms with E-state index in [9.17, 15) is 14.7 Å². The average Bonchev–Trinajstić information content (AvgIpc) is 3.19. The lowest BCUT2D eigenvalue weighted by Crippen LogP contribution is -2.14. The van der Waals surface area contributed by atoms with Crippen molar-refractivity contribution < 1.29 is 24.2 Å². The van der Waals surface area contributed by atoms with Crippen molar-refractivity contribution in [2.45, 2.75) is 20.5 Å². The molecular formula is C29H21Br2Cl2NO5S. The second-order valence-corrected chi connectivity index (χ2v) is 12.0. The molecule has 1 amide bonds. The van der Waals surface area contributed by atoms with Crippen molar-refractivity contribution in [1.29, 1.82) is 0 Å². The number of carbonyl (C=O) groups is 2. The standard InChI is InChI=1S/C29H21Br2Cl2NO5S/c1-3-38-29(37)24-25(35)23(40-28(24)34-27(36)19-7-5-4-6-15(19)2)12-16-10-20(30)26(21(31)11-16)39-14-17-8-9-18(32)13-22(17)33/h4-13,35H,3,14H2,1-2H3/b23-12-,34-28?. The van der Waals surface area contributed by atoms with Crippen molar-refractivity contribution in [3.63, 3.8) is 0 Å². The Bertz CT molecular complexity index is 1580. The largest absolute Gasteiger partial charge is 0.506 e. The topological polar surface area (TPSA) is 85.2 Å². The van der Waals surface area contributed by atoms with Gasteiger partial charge < -0.3 is 14.6 Å². The number of ether oxygens (including phenoxy) is 2. The van der Waals surface area contributed by atoms with E-state index >= 15 is 0 Å². The Hall–Kier alpha value is -2.56. The van der Waals surface area contributed by atoms with Crippen molar-refractivity contribution in [1.82, 2.24) is 0 Å². The Kier molecular flexibility index (Phi) is 10.2. The van der Waals surface area contributed by atoms with Gasteiger partial charge in [0.1, 0.15) is 28.7 Å². The van der Waals surface area contributed by atoms with Crippen molar-refractivity contribution in [2.75, 3.05) is 6.61 Å². The molecule has 0 radical (unpaired) electrons. The van der Waals surface area contributed by atoms with Crippen LogP contribution >= 0.6 is 66.8 Å². The highest BCUT2D eigenvalue weighted by molar-refractivity contribution is 9.11. The molecule has 0 spiro atoms. The van der Waals surface area contributed by atoms with E-state index in [0.29, 0.717) is 40.8 Å². The molecule has 11 heteroatoms. The van der Waals surface area contributed by atoms with Crippen LogP contribution in [-0.2, 0) is 16.1 Å². The van der Waals surface area contributed by atoms with Gasteiger partial charge in [-0.1, -0.05) is 59.2 Å². The lowest BCUT2D eigenvalue weighted by Gasteiger charge is -2.12. The van der Waals surface area contributed by atoms with Crippen LogP contribution in [0.5, 0.6) is 5.75 Å². The lowest BCUT2D eigenvalue weighted by atomic mass is 10.1. The van der Waals surface area contributed by atoms with Gasteiger partial charge in [-0.15, -0.1) is 0 Å². The van der Waals surface area contributed by atoms with E-state index in [0.717, 1.165) is 22.9 Å². The van der Waals surface area contributed by atoms with Crippen molar-refractivity contribution >= 4 is 89.8 Å². The summed E-state index contributed by atoms with van der Waals surface area (Å²) in [5.41, 5.74) is 2.44. The number of halogens is 4. The summed E-state index contributed by atoms with van der Waals surface area (Å²) < 4.78 is 12.4. The van der Waals surface area contributed by atoms with Gasteiger partial charge in [0.15, 0.2) is 0 Å². The molecule has 40 heavy (non-hydrogen) atoms. The highest BCUT2D eigenvalue weighted by atomic mass is 79.9. The number of hydrogen-bond acceptors (Lipinski definition) is 6. The molecule has 0 bridgehead atoms. The van der Waals surface area contributed by atoms with E-state index in [-0.39, 0.29) is 29.6 Å². The highest BCUT2D eigenvalue weighted by Gasteiger charge is 2.34. The fourth-order valence-electron chi connectivity index (χ4n) is 3.70. The number of benzene rings is 3. The lowest BCUT2D eigenvalue weighted by molar-refractivity contribution is -0.138. The molecular weight excluding hydrogens is 705 g/mol. The summed E-state index contributed by atoms with van der Waals surface area (Å²) in [6.45, 7) is 3.77. The molecule has 0 fully saturated rings. The molecule has 0 unspecified atom stereocenters. The number of hydrogen-bond donors (Lipinski definition) is 1. The number of nitrogens with zero attached hydrogens (tertiary/aromatic N) is 1. The van der Waals surface area contributed by atoms with Crippen molar-refractivity contribution in [3.8, 4) is 5.75 Å². The van der Waals surface area contributed by atoms with Gasteiger partial charge >= 0.3 is 5.97 Å². The Morgan fingerprint density at radius 3 is 2.42 bits per heavy atom. The first-order valence-corrected chi connectivity index (χ1v) is 15.0. The number of aryl methyl sites for hydroxylation is 1. The Morgan fingerprint density at radius 2 is 1.77 bits per heavy atom. The zero-order valence-electron chi connectivity index (χ0n) is 21.1. The summed E-state index contributed by atoms with van der Waals surface area (Å²) in [6.07, 6.45) is 1.68. The third-order valence-corrected chi connectivity index (χ3v) is 8.44. The Balaban J connectivity index is 1.64. The van der Waals surface area contributed by atoms with Crippen LogP contribution in [0, 0.1) is 6.92 Å². The summed E-state index contributed by atoms with van der Waals surface area (Å²) in [4.78, 5) is 30.1. The maximum absolute atomic E-state index is 12.9. The summed E-state index contributed by atoms with van der Waals surface area (Å²) in [6, 6.07) is 15.8. The van der Waals surface area contributed by atoms with Crippen LogP contribution in [0.15, 0.2) is 84.8 Å². The predicted molar refractivity (Wildman–Crippen MR) is 167 cm³/mol. The number of aliphatic hydroxyl groups excluding tert-OH is 1. The third-order valence-electron chi connectivity index (χ3n) is 5.65. The van der Waals surface area contributed by atoms with Gasteiger partial charge in [-0.3, -0.25) is 4.79 Å². The molecule has 3 aromatic carbocycles. The van der Waals surface area contributed by atoms with E-state index in [1.807, 2.05) is 6.07 Å². The minimum atomic E-state index is -0.765. The number of carbonyl (C=O) groups excluding carboxylic acids is 2. The van der Waals surface area contributed by atoms with Gasteiger partial charge in [0.05, 0.1) is 20.5 Å². The minimum absolute atomic E-state index is 0.0633. The first-order chi connectivity index (χ1) is 19.1. The number of thioether (sulfide) groups is 1. The molecule has 1 aliphatic rings. The van der Waals surface area contributed by atoms with Crippen LogP contribution < -0.4 is 4.74 Å². The first kappa shape index (κ1) is 30.4. The van der Waals surface area contributed by atoms with Crippen LogP contribution in [0.4, 0.5) is 0 Å². The first-order valence-electron chi connectivity index (χ1n) is 11.8. The number of esters is 1. The Morgan fingerprint density at radius 1 is 1.07 bits per heavy atom. The van der Waals surface area contributed by atoms with Gasteiger partial charge in [0, 0.05) is 21.2 Å². The SMILES string of the molecule is CCOC(=O)C1=C(O)/C(=C/c2cc(Br)c(OCc3ccc(Cl)cc3Cl)c(Br)c2)SC1=NC(=O)c1ccccc1C. The molecule has 206 valence electrons. The average molecular weight is 726 g/mol. The molecule has 6 nitrogen and oxygen atoms in total. The van der Waals surface area contributed by atoms with E-state index in [1.165, 1.54) is 0 Å². The monoisotopic (exact) mass is 723 g/mol. The zero-order valence-corrected chi connectivity index (χ0v) is 26.6. The molecule has 1 N–H and O–H groups in total. The fraction of sp³-hybridized carbons (Fsp3) is 0.138. The molecule has 4 rings (SSSR count). The maximum atomic E-state index is 12.9. The van der Waals surface area contributed by atoms with Crippen molar-refractivity contribution in [3.05, 3.63) is 112 Å². The fourth-order valence-corrected chi connectivity index (χ4v) is 6.62. The summed E-state index contributed by atoms with van der Waals surface area (Å²) in [5, 5.41) is 12.1. The van der Waals surface area contributed by atoms with E-state index < -0.39 is 11.9 Å². The quantitative estimate of drug-likeness (QED) is 0.245. The number of aliphatic hydroxyl groups is 1. The molecule has 0 saturated heterocycles. The minimum Gasteiger partial charge on any atom is -0.506 e. The van der Waals surface area contributed by atoms with Gasteiger partial charge in [0.2, 0.25) is 0 Å². The molecule has 0 atom stereocenters. The second-order valence-electron chi connectivity index (χ2n) is 8.43. The third kappa shape index (κ3) is 7.01. The van der Waals surface area contributed by atoms with Gasteiger partial charge in [-0.2, -0.15) is 0 Å². The molecule has 3 aromatic rings. The summed E-state index contributed by atoms with van der Waals surface area (Å²) in [7, 11) is 0. The van der Waals surface area contributed by atoms with Crippen molar-refractivity contribution in [2.24, 2.45) is 4.99 Å². The van der Waals surface area contributed by atoms with Crippen LogP contribution in [0.3, 0.4) is 0 Å². The van der Waals surface area contributed by atoms with Gasteiger partial charge in [-0.05, 0) is 93.2 Å². The normalized spacial score (nSPS) is 15.2. The highest BCUT2D eigenvalue weighted by Crippen LogP contribution is 2.41. The number of aliphatic imine (C=N–C) groups is 1.